The molecule has 1 aromatic rings. The lowest BCUT2D eigenvalue weighted by molar-refractivity contribution is -0.145. The minimum absolute atomic E-state index is 0.0701. The number of carboxylic acid groups (broad SMARTS) is 1. The van der Waals surface area contributed by atoms with Gasteiger partial charge >= 0.3 is 11.9 Å². The Morgan fingerprint density at radius 1 is 1.05 bits per heavy atom. The van der Waals surface area contributed by atoms with Crippen molar-refractivity contribution in [2.75, 3.05) is 0 Å². The Bertz CT molecular complexity index is 428. The molecule has 104 valence electrons. The van der Waals surface area contributed by atoms with Crippen LogP contribution in [0.1, 0.15) is 36.8 Å². The third-order valence-electron chi connectivity index (χ3n) is 2.70. The standard InChI is InChI=1S/C14H18O5/c15-9-11-5-1-2-6-12(11)10-19-14(18)8-4-3-7-13(16)17/h1-2,5-6,15H,3-4,7-10H2,(H,16,17). The average molecular weight is 266 g/mol. The van der Waals surface area contributed by atoms with E-state index in [9.17, 15) is 9.59 Å². The van der Waals surface area contributed by atoms with E-state index in [1.54, 1.807) is 12.1 Å². The summed E-state index contributed by atoms with van der Waals surface area (Å²) in [7, 11) is 0. The van der Waals surface area contributed by atoms with E-state index in [2.05, 4.69) is 0 Å². The zero-order valence-corrected chi connectivity index (χ0v) is 10.7. The van der Waals surface area contributed by atoms with E-state index >= 15 is 0 Å². The van der Waals surface area contributed by atoms with Crippen LogP contribution < -0.4 is 0 Å². The first-order chi connectivity index (χ1) is 9.13. The van der Waals surface area contributed by atoms with Gasteiger partial charge < -0.3 is 14.9 Å². The molecule has 0 aliphatic rings. The molecule has 0 atom stereocenters. The predicted octanol–water partition coefficient (Wildman–Crippen LogP) is 1.87. The lowest BCUT2D eigenvalue weighted by Crippen LogP contribution is -2.06. The SMILES string of the molecule is O=C(O)CCCCC(=O)OCc1ccccc1CO. The van der Waals surface area contributed by atoms with E-state index in [1.807, 2.05) is 12.1 Å². The van der Waals surface area contributed by atoms with Crippen LogP contribution in [0, 0.1) is 0 Å². The summed E-state index contributed by atoms with van der Waals surface area (Å²) in [6.07, 6.45) is 1.26. The minimum Gasteiger partial charge on any atom is -0.481 e. The molecular weight excluding hydrogens is 248 g/mol. The van der Waals surface area contributed by atoms with Crippen molar-refractivity contribution < 1.29 is 24.5 Å². The number of benzene rings is 1. The van der Waals surface area contributed by atoms with Gasteiger partial charge in [-0.25, -0.2) is 0 Å². The number of aliphatic carboxylic acids is 1. The molecule has 19 heavy (non-hydrogen) atoms. The third kappa shape index (κ3) is 6.01. The number of hydrogen-bond donors (Lipinski definition) is 2. The minimum atomic E-state index is -0.856. The van der Waals surface area contributed by atoms with Gasteiger partial charge in [0.15, 0.2) is 0 Å². The lowest BCUT2D eigenvalue weighted by atomic mass is 10.1. The van der Waals surface area contributed by atoms with E-state index < -0.39 is 5.97 Å². The predicted molar refractivity (Wildman–Crippen MR) is 68.3 cm³/mol. The van der Waals surface area contributed by atoms with Crippen LogP contribution in [-0.2, 0) is 27.5 Å². The molecule has 0 bridgehead atoms. The maximum absolute atomic E-state index is 11.4. The van der Waals surface area contributed by atoms with Crippen molar-refractivity contribution in [3.63, 3.8) is 0 Å². The van der Waals surface area contributed by atoms with Crippen molar-refractivity contribution in [1.82, 2.24) is 0 Å². The Kier molecular flexibility index (Phi) is 6.60. The summed E-state index contributed by atoms with van der Waals surface area (Å²) in [6.45, 7) is 0.0425. The molecule has 0 unspecified atom stereocenters. The fourth-order valence-electron chi connectivity index (χ4n) is 1.63. The van der Waals surface area contributed by atoms with E-state index in [1.165, 1.54) is 0 Å². The smallest absolute Gasteiger partial charge is 0.306 e. The molecule has 1 aromatic carbocycles. The molecule has 1 rings (SSSR count). The fourth-order valence-corrected chi connectivity index (χ4v) is 1.63. The maximum atomic E-state index is 11.4. The van der Waals surface area contributed by atoms with Gasteiger partial charge in [-0.2, -0.15) is 0 Å². The van der Waals surface area contributed by atoms with Crippen LogP contribution in [0.25, 0.3) is 0 Å². The Morgan fingerprint density at radius 2 is 1.68 bits per heavy atom. The highest BCUT2D eigenvalue weighted by atomic mass is 16.5. The number of unbranched alkanes of at least 4 members (excludes halogenated alkanes) is 1. The summed E-state index contributed by atoms with van der Waals surface area (Å²) in [5.41, 5.74) is 1.52. The topological polar surface area (TPSA) is 83.8 Å². The van der Waals surface area contributed by atoms with Crippen molar-refractivity contribution in [3.8, 4) is 0 Å². The lowest BCUT2D eigenvalue weighted by Gasteiger charge is -2.08. The van der Waals surface area contributed by atoms with Gasteiger partial charge in [0.2, 0.25) is 0 Å². The van der Waals surface area contributed by atoms with Crippen LogP contribution in [-0.4, -0.2) is 22.2 Å². The van der Waals surface area contributed by atoms with Gasteiger partial charge in [-0.3, -0.25) is 9.59 Å². The van der Waals surface area contributed by atoms with Crippen molar-refractivity contribution in [1.29, 1.82) is 0 Å². The largest absolute Gasteiger partial charge is 0.481 e. The highest BCUT2D eigenvalue weighted by Crippen LogP contribution is 2.11. The second-order valence-electron chi connectivity index (χ2n) is 4.19. The summed E-state index contributed by atoms with van der Waals surface area (Å²) >= 11 is 0. The molecule has 5 heteroatoms. The third-order valence-corrected chi connectivity index (χ3v) is 2.70. The maximum Gasteiger partial charge on any atom is 0.306 e. The van der Waals surface area contributed by atoms with Gasteiger partial charge in [0.05, 0.1) is 6.61 Å². The number of carbonyl (C=O) groups is 2. The van der Waals surface area contributed by atoms with Gasteiger partial charge in [0, 0.05) is 12.8 Å². The Hall–Kier alpha value is -1.88. The van der Waals surface area contributed by atoms with Crippen LogP contribution >= 0.6 is 0 Å². The van der Waals surface area contributed by atoms with E-state index in [0.29, 0.717) is 12.8 Å². The summed E-state index contributed by atoms with van der Waals surface area (Å²) in [5.74, 6) is -1.21. The average Bonchev–Trinajstić information content (AvgIpc) is 2.41. The van der Waals surface area contributed by atoms with Crippen LogP contribution in [0.5, 0.6) is 0 Å². The van der Waals surface area contributed by atoms with Crippen molar-refractivity contribution in [2.45, 2.75) is 38.9 Å². The molecule has 0 radical (unpaired) electrons. The first-order valence-electron chi connectivity index (χ1n) is 6.18. The van der Waals surface area contributed by atoms with Crippen LogP contribution in [0.3, 0.4) is 0 Å². The second kappa shape index (κ2) is 8.26. The molecule has 2 N–H and O–H groups in total. The molecule has 0 aliphatic heterocycles. The van der Waals surface area contributed by atoms with E-state index in [0.717, 1.165) is 11.1 Å². The molecule has 0 fully saturated rings. The van der Waals surface area contributed by atoms with Crippen LogP contribution in [0.4, 0.5) is 0 Å². The molecule has 0 aliphatic carbocycles. The molecule has 0 saturated heterocycles. The number of aliphatic hydroxyl groups excluding tert-OH is 1. The molecular formula is C14H18O5. The summed E-state index contributed by atoms with van der Waals surface area (Å²) in [6, 6.07) is 7.19. The molecule has 5 nitrogen and oxygen atoms in total. The van der Waals surface area contributed by atoms with Gasteiger partial charge in [-0.15, -0.1) is 0 Å². The van der Waals surface area contributed by atoms with Gasteiger partial charge in [0.25, 0.3) is 0 Å². The Labute approximate surface area is 111 Å². The zero-order chi connectivity index (χ0) is 14.1. The monoisotopic (exact) mass is 266 g/mol. The van der Waals surface area contributed by atoms with Crippen LogP contribution in [0.2, 0.25) is 0 Å². The molecule has 0 spiro atoms. The number of rotatable bonds is 8. The highest BCUT2D eigenvalue weighted by molar-refractivity contribution is 5.69. The van der Waals surface area contributed by atoms with Crippen molar-refractivity contribution >= 4 is 11.9 Å². The van der Waals surface area contributed by atoms with Crippen molar-refractivity contribution in [3.05, 3.63) is 35.4 Å². The summed E-state index contributed by atoms with van der Waals surface area (Å²) in [5, 5.41) is 17.6. The van der Waals surface area contributed by atoms with Gasteiger partial charge in [-0.1, -0.05) is 24.3 Å². The van der Waals surface area contributed by atoms with Gasteiger partial charge in [0.1, 0.15) is 6.61 Å². The number of aliphatic hydroxyl groups is 1. The van der Waals surface area contributed by atoms with Crippen molar-refractivity contribution in [2.24, 2.45) is 0 Å². The summed E-state index contributed by atoms with van der Waals surface area (Å²) < 4.78 is 5.08. The van der Waals surface area contributed by atoms with Gasteiger partial charge in [-0.05, 0) is 24.0 Å². The number of carboxylic acids is 1. The highest BCUT2D eigenvalue weighted by Gasteiger charge is 2.06. The normalized spacial score (nSPS) is 10.2. The molecule has 0 aromatic heterocycles. The summed E-state index contributed by atoms with van der Waals surface area (Å²) in [4.78, 5) is 21.7. The zero-order valence-electron chi connectivity index (χ0n) is 10.7. The van der Waals surface area contributed by atoms with E-state index in [4.69, 9.17) is 14.9 Å². The Morgan fingerprint density at radius 3 is 2.32 bits per heavy atom. The first-order valence-corrected chi connectivity index (χ1v) is 6.18. The Balaban J connectivity index is 2.28. The second-order valence-corrected chi connectivity index (χ2v) is 4.19. The quantitative estimate of drug-likeness (QED) is 0.554. The molecule has 0 amide bonds. The first kappa shape index (κ1) is 15.2. The number of esters is 1. The molecule has 0 heterocycles. The molecule has 0 saturated carbocycles. The van der Waals surface area contributed by atoms with E-state index in [-0.39, 0.29) is 32.0 Å². The van der Waals surface area contributed by atoms with Crippen LogP contribution in [0.15, 0.2) is 24.3 Å². The number of hydrogen-bond acceptors (Lipinski definition) is 4. The number of carbonyl (C=O) groups excluding carboxylic acids is 1. The fraction of sp³-hybridized carbons (Fsp3) is 0.429. The number of ether oxygens (including phenoxy) is 1.